The van der Waals surface area contributed by atoms with Gasteiger partial charge in [0.25, 0.3) is 5.91 Å². The van der Waals surface area contributed by atoms with Gasteiger partial charge in [0.2, 0.25) is 0 Å². The summed E-state index contributed by atoms with van der Waals surface area (Å²) in [5.41, 5.74) is 2.20. The fourth-order valence-corrected chi connectivity index (χ4v) is 5.73. The molecule has 0 aromatic heterocycles. The predicted octanol–water partition coefficient (Wildman–Crippen LogP) is 6.10. The molecule has 0 saturated heterocycles. The molecule has 1 aliphatic rings. The Bertz CT molecular complexity index is 1550. The van der Waals surface area contributed by atoms with E-state index in [-0.39, 0.29) is 48.3 Å². The first-order valence-corrected chi connectivity index (χ1v) is 16.6. The molecule has 0 fully saturated rings. The fourth-order valence-electron chi connectivity index (χ4n) is 5.73. The van der Waals surface area contributed by atoms with Gasteiger partial charge in [0, 0.05) is 43.5 Å². The number of likely N-dealkylation sites (N-methyl/N-ethyl adjacent to an activating group) is 1. The largest absolute Gasteiger partial charge is 0.490 e. The highest BCUT2D eigenvalue weighted by atomic mass is 19.1. The summed E-state index contributed by atoms with van der Waals surface area (Å²) in [4.78, 5) is 42.1. The number of amides is 3. The van der Waals surface area contributed by atoms with Crippen LogP contribution in [0.2, 0.25) is 0 Å². The summed E-state index contributed by atoms with van der Waals surface area (Å²) >= 11 is 0. The molecule has 11 nitrogen and oxygen atoms in total. The second kappa shape index (κ2) is 17.8. The van der Waals surface area contributed by atoms with E-state index in [1.54, 1.807) is 54.3 Å². The Morgan fingerprint density at radius 1 is 1.02 bits per heavy atom. The van der Waals surface area contributed by atoms with E-state index >= 15 is 0 Å². The molecule has 0 unspecified atom stereocenters. The summed E-state index contributed by atoms with van der Waals surface area (Å²) < 4.78 is 26.0. The zero-order valence-corrected chi connectivity index (χ0v) is 28.5. The van der Waals surface area contributed by atoms with Gasteiger partial charge in [-0.3, -0.25) is 9.69 Å². The number of fused-ring (bicyclic) bond motifs is 1. The van der Waals surface area contributed by atoms with Crippen molar-refractivity contribution < 1.29 is 38.5 Å². The Morgan fingerprint density at radius 2 is 1.69 bits per heavy atom. The molecule has 1 heterocycles. The Morgan fingerprint density at radius 3 is 2.37 bits per heavy atom. The third kappa shape index (κ3) is 11.0. The van der Waals surface area contributed by atoms with Crippen LogP contribution in [-0.2, 0) is 11.3 Å². The van der Waals surface area contributed by atoms with Crippen LogP contribution >= 0.6 is 0 Å². The van der Waals surface area contributed by atoms with Gasteiger partial charge in [0.1, 0.15) is 11.6 Å². The van der Waals surface area contributed by atoms with E-state index in [9.17, 15) is 29.0 Å². The number of carbonyl (C=O) groups is 3. The standard InChI is InChI=1S/C37H47FN4O7/c1-24-20-42(25(2)23-43)35(44)32-19-31(40-37(47)39-30-14-12-29(38)13-15-30)16-17-33(32)49-26(3)7-5-6-18-48-34(24)22-41(4)21-27-8-10-28(11-9-27)36(45)46/h8-17,19,24-26,34,43H,5-7,18,20-23H2,1-4H3,(H,45,46)(H2,39,40,47)/t24-,25+,26+,34+/m0/s1. The van der Waals surface area contributed by atoms with Crippen molar-refractivity contribution in [1.82, 2.24) is 9.80 Å². The van der Waals surface area contributed by atoms with Crippen molar-refractivity contribution in [3.8, 4) is 5.75 Å². The summed E-state index contributed by atoms with van der Waals surface area (Å²) in [6.07, 6.45) is 1.97. The first kappa shape index (κ1) is 37.3. The molecule has 12 heteroatoms. The maximum atomic E-state index is 14.3. The Balaban J connectivity index is 1.56. The highest BCUT2D eigenvalue weighted by Crippen LogP contribution is 2.29. The molecule has 49 heavy (non-hydrogen) atoms. The monoisotopic (exact) mass is 678 g/mol. The van der Waals surface area contributed by atoms with Gasteiger partial charge in [-0.25, -0.2) is 14.0 Å². The van der Waals surface area contributed by atoms with Crippen molar-refractivity contribution in [3.63, 3.8) is 0 Å². The van der Waals surface area contributed by atoms with Crippen molar-refractivity contribution in [2.75, 3.05) is 44.0 Å². The molecule has 3 aromatic rings. The number of urea groups is 1. The van der Waals surface area contributed by atoms with Crippen LogP contribution in [0.3, 0.4) is 0 Å². The molecular formula is C37H47FN4O7. The number of nitrogens with one attached hydrogen (secondary N) is 2. The molecule has 3 aromatic carbocycles. The zero-order chi connectivity index (χ0) is 35.5. The number of carbonyl (C=O) groups excluding carboxylic acids is 2. The number of benzene rings is 3. The lowest BCUT2D eigenvalue weighted by molar-refractivity contribution is -0.0177. The van der Waals surface area contributed by atoms with E-state index in [0.29, 0.717) is 36.8 Å². The van der Waals surface area contributed by atoms with Crippen molar-refractivity contribution in [3.05, 3.63) is 89.2 Å². The van der Waals surface area contributed by atoms with E-state index < -0.39 is 23.9 Å². The quantitative estimate of drug-likeness (QED) is 0.213. The van der Waals surface area contributed by atoms with E-state index in [1.165, 1.54) is 24.3 Å². The number of hydrogen-bond acceptors (Lipinski definition) is 7. The Kier molecular flexibility index (Phi) is 13.5. The molecule has 0 spiro atoms. The first-order chi connectivity index (χ1) is 23.4. The van der Waals surface area contributed by atoms with Gasteiger partial charge < -0.3 is 35.2 Å². The molecule has 4 N–H and O–H groups in total. The number of aromatic carboxylic acids is 1. The lowest BCUT2D eigenvalue weighted by atomic mass is 10.0. The van der Waals surface area contributed by atoms with Crippen LogP contribution in [0.4, 0.5) is 20.6 Å². The van der Waals surface area contributed by atoms with E-state index in [2.05, 4.69) is 15.5 Å². The fraction of sp³-hybridized carbons (Fsp3) is 0.432. The number of carboxylic acids is 1. The minimum atomic E-state index is -0.971. The highest BCUT2D eigenvalue weighted by Gasteiger charge is 2.30. The summed E-state index contributed by atoms with van der Waals surface area (Å²) in [6.45, 7) is 7.44. The number of nitrogens with zero attached hydrogens (tertiary/aromatic N) is 2. The van der Waals surface area contributed by atoms with Gasteiger partial charge in [-0.1, -0.05) is 19.1 Å². The maximum absolute atomic E-state index is 14.3. The molecule has 0 radical (unpaired) electrons. The molecule has 3 amide bonds. The molecule has 1 aliphatic heterocycles. The van der Waals surface area contributed by atoms with E-state index in [4.69, 9.17) is 9.47 Å². The molecule has 0 bridgehead atoms. The van der Waals surface area contributed by atoms with Crippen LogP contribution in [0, 0.1) is 11.7 Å². The predicted molar refractivity (Wildman–Crippen MR) is 186 cm³/mol. The summed E-state index contributed by atoms with van der Waals surface area (Å²) in [7, 11) is 1.97. The van der Waals surface area contributed by atoms with Crippen molar-refractivity contribution >= 4 is 29.3 Å². The zero-order valence-electron chi connectivity index (χ0n) is 28.5. The van der Waals surface area contributed by atoms with Crippen LogP contribution in [-0.4, -0.2) is 89.5 Å². The van der Waals surface area contributed by atoms with Gasteiger partial charge in [0.05, 0.1) is 36.0 Å². The average Bonchev–Trinajstić information content (AvgIpc) is 3.07. The summed E-state index contributed by atoms with van der Waals surface area (Å²) in [6, 6.07) is 16.0. The van der Waals surface area contributed by atoms with Crippen LogP contribution in [0.15, 0.2) is 66.7 Å². The van der Waals surface area contributed by atoms with Gasteiger partial charge in [-0.05, 0) is 100 Å². The van der Waals surface area contributed by atoms with E-state index in [1.807, 2.05) is 20.9 Å². The molecule has 264 valence electrons. The number of aliphatic hydroxyl groups excluding tert-OH is 1. The normalized spacial score (nSPS) is 19.7. The Hall–Kier alpha value is -4.52. The van der Waals surface area contributed by atoms with Crippen molar-refractivity contribution in [1.29, 1.82) is 0 Å². The number of halogens is 1. The number of aliphatic hydroxyl groups is 1. The minimum absolute atomic E-state index is 0.135. The Labute approximate surface area is 287 Å². The third-order valence-electron chi connectivity index (χ3n) is 8.56. The number of anilines is 2. The lowest BCUT2D eigenvalue weighted by Gasteiger charge is -2.36. The molecule has 0 saturated carbocycles. The van der Waals surface area contributed by atoms with Crippen LogP contribution < -0.4 is 15.4 Å². The second-order valence-corrected chi connectivity index (χ2v) is 12.8. The van der Waals surface area contributed by atoms with Crippen LogP contribution in [0.1, 0.15) is 66.3 Å². The van der Waals surface area contributed by atoms with Crippen LogP contribution in [0.25, 0.3) is 0 Å². The van der Waals surface area contributed by atoms with Crippen LogP contribution in [0.5, 0.6) is 5.75 Å². The maximum Gasteiger partial charge on any atom is 0.335 e. The smallest absolute Gasteiger partial charge is 0.335 e. The van der Waals surface area contributed by atoms with Gasteiger partial charge >= 0.3 is 12.0 Å². The highest BCUT2D eigenvalue weighted by molar-refractivity contribution is 6.02. The SMILES string of the molecule is C[C@@H]1CCCCO[C@H](CN(C)Cc2ccc(C(=O)O)cc2)[C@@H](C)CN([C@H](C)CO)C(=O)c2cc(NC(=O)Nc3ccc(F)cc3)ccc2O1. The average molecular weight is 679 g/mol. The molecule has 0 aliphatic carbocycles. The third-order valence-corrected chi connectivity index (χ3v) is 8.56. The molecule has 4 atom stereocenters. The summed E-state index contributed by atoms with van der Waals surface area (Å²) in [5, 5.41) is 24.8. The first-order valence-electron chi connectivity index (χ1n) is 16.6. The van der Waals surface area contributed by atoms with E-state index in [0.717, 1.165) is 24.8 Å². The molecular weight excluding hydrogens is 631 g/mol. The van der Waals surface area contributed by atoms with Crippen molar-refractivity contribution in [2.24, 2.45) is 5.92 Å². The number of rotatable bonds is 9. The number of hydrogen-bond donors (Lipinski definition) is 4. The van der Waals surface area contributed by atoms with Gasteiger partial charge in [0.15, 0.2) is 0 Å². The number of carboxylic acid groups (broad SMARTS) is 1. The minimum Gasteiger partial charge on any atom is -0.490 e. The van der Waals surface area contributed by atoms with Crippen molar-refractivity contribution in [2.45, 2.75) is 64.8 Å². The number of ether oxygens (including phenoxy) is 2. The second-order valence-electron chi connectivity index (χ2n) is 12.8. The lowest BCUT2D eigenvalue weighted by Crippen LogP contribution is -2.47. The van der Waals surface area contributed by atoms with Gasteiger partial charge in [-0.2, -0.15) is 0 Å². The summed E-state index contributed by atoms with van der Waals surface area (Å²) in [5.74, 6) is -1.51. The van der Waals surface area contributed by atoms with Gasteiger partial charge in [-0.15, -0.1) is 0 Å². The topological polar surface area (TPSA) is 141 Å². The molecule has 4 rings (SSSR count).